The summed E-state index contributed by atoms with van der Waals surface area (Å²) in [5.41, 5.74) is 2.04. The molecule has 0 aliphatic carbocycles. The minimum absolute atomic E-state index is 0.0307. The first-order valence-corrected chi connectivity index (χ1v) is 8.48. The summed E-state index contributed by atoms with van der Waals surface area (Å²) >= 11 is 5.12. The highest BCUT2D eigenvalue weighted by Gasteiger charge is 2.13. The van der Waals surface area contributed by atoms with Gasteiger partial charge in [0.1, 0.15) is 0 Å². The number of nitro benzene ring substituents is 1. The molecule has 8 nitrogen and oxygen atoms in total. The van der Waals surface area contributed by atoms with Gasteiger partial charge in [0.25, 0.3) is 11.6 Å². The fraction of sp³-hybridized carbons (Fsp3) is 0.167. The molecule has 0 atom stereocenters. The summed E-state index contributed by atoms with van der Waals surface area (Å²) in [6.07, 6.45) is 0.356. The van der Waals surface area contributed by atoms with Crippen molar-refractivity contribution in [2.75, 3.05) is 10.6 Å². The third-order valence-corrected chi connectivity index (χ3v) is 3.84. The van der Waals surface area contributed by atoms with Crippen LogP contribution < -0.4 is 16.0 Å². The van der Waals surface area contributed by atoms with E-state index in [0.717, 1.165) is 5.56 Å². The molecule has 0 aliphatic rings. The van der Waals surface area contributed by atoms with Gasteiger partial charge in [-0.05, 0) is 42.9 Å². The van der Waals surface area contributed by atoms with Crippen LogP contribution in [0.25, 0.3) is 0 Å². The number of nitro groups is 1. The summed E-state index contributed by atoms with van der Waals surface area (Å²) < 4.78 is 0. The van der Waals surface area contributed by atoms with Crippen LogP contribution in [0.4, 0.5) is 17.1 Å². The predicted octanol–water partition coefficient (Wildman–Crippen LogP) is 3.38. The van der Waals surface area contributed by atoms with Gasteiger partial charge in [-0.25, -0.2) is 0 Å². The van der Waals surface area contributed by atoms with Gasteiger partial charge in [-0.1, -0.05) is 19.1 Å². The Morgan fingerprint density at radius 1 is 1.15 bits per heavy atom. The first-order valence-electron chi connectivity index (χ1n) is 8.07. The fourth-order valence-corrected chi connectivity index (χ4v) is 2.38. The third-order valence-electron chi connectivity index (χ3n) is 3.64. The van der Waals surface area contributed by atoms with E-state index in [-0.39, 0.29) is 22.3 Å². The lowest BCUT2D eigenvalue weighted by Gasteiger charge is -2.13. The second-order valence-corrected chi connectivity index (χ2v) is 6.06. The number of nitrogens with one attached hydrogen (secondary N) is 3. The minimum atomic E-state index is -0.578. The van der Waals surface area contributed by atoms with Gasteiger partial charge in [-0.3, -0.25) is 25.0 Å². The molecule has 0 aliphatic heterocycles. The number of nitrogens with zero attached hydrogens (tertiary/aromatic N) is 1. The Morgan fingerprint density at radius 2 is 1.89 bits per heavy atom. The Hall–Kier alpha value is -3.33. The van der Waals surface area contributed by atoms with Crippen LogP contribution in [-0.2, 0) is 4.79 Å². The van der Waals surface area contributed by atoms with Crippen molar-refractivity contribution in [1.82, 2.24) is 5.32 Å². The van der Waals surface area contributed by atoms with E-state index in [4.69, 9.17) is 12.2 Å². The number of aryl methyl sites for hydroxylation is 1. The van der Waals surface area contributed by atoms with E-state index >= 15 is 0 Å². The van der Waals surface area contributed by atoms with Crippen LogP contribution in [0.3, 0.4) is 0 Å². The Morgan fingerprint density at radius 3 is 2.56 bits per heavy atom. The lowest BCUT2D eigenvalue weighted by atomic mass is 10.1. The lowest BCUT2D eigenvalue weighted by molar-refractivity contribution is -0.384. The van der Waals surface area contributed by atoms with E-state index in [1.807, 2.05) is 6.92 Å². The zero-order valence-corrected chi connectivity index (χ0v) is 15.6. The molecule has 0 saturated heterocycles. The molecule has 0 fully saturated rings. The molecule has 0 heterocycles. The molecule has 0 unspecified atom stereocenters. The van der Waals surface area contributed by atoms with Gasteiger partial charge in [0.2, 0.25) is 5.91 Å². The summed E-state index contributed by atoms with van der Waals surface area (Å²) in [7, 11) is 0. The van der Waals surface area contributed by atoms with Crippen molar-refractivity contribution in [2.45, 2.75) is 20.3 Å². The number of benzene rings is 2. The Kier molecular flexibility index (Phi) is 6.56. The molecule has 3 N–H and O–H groups in total. The number of non-ortho nitro benzene ring substituents is 1. The van der Waals surface area contributed by atoms with Crippen molar-refractivity contribution < 1.29 is 14.5 Å². The van der Waals surface area contributed by atoms with Crippen molar-refractivity contribution in [1.29, 1.82) is 0 Å². The van der Waals surface area contributed by atoms with E-state index in [2.05, 4.69) is 16.0 Å². The van der Waals surface area contributed by atoms with Gasteiger partial charge in [0.15, 0.2) is 5.11 Å². The van der Waals surface area contributed by atoms with E-state index in [0.29, 0.717) is 17.8 Å². The molecule has 140 valence electrons. The van der Waals surface area contributed by atoms with Gasteiger partial charge in [-0.2, -0.15) is 0 Å². The Balaban J connectivity index is 2.06. The predicted molar refractivity (Wildman–Crippen MR) is 107 cm³/mol. The number of hydrogen-bond acceptors (Lipinski definition) is 5. The summed E-state index contributed by atoms with van der Waals surface area (Å²) in [6.45, 7) is 3.61. The Labute approximate surface area is 161 Å². The third kappa shape index (κ3) is 5.58. The minimum Gasteiger partial charge on any atom is -0.332 e. The van der Waals surface area contributed by atoms with E-state index in [1.54, 1.807) is 25.1 Å². The normalized spacial score (nSPS) is 10.0. The number of carbonyl (C=O) groups excluding carboxylic acids is 2. The average molecular weight is 386 g/mol. The molecule has 2 aromatic carbocycles. The molecular weight excluding hydrogens is 368 g/mol. The van der Waals surface area contributed by atoms with Crippen molar-refractivity contribution >= 4 is 46.2 Å². The maximum Gasteiger partial charge on any atom is 0.270 e. The molecule has 2 aromatic rings. The van der Waals surface area contributed by atoms with E-state index < -0.39 is 10.8 Å². The highest BCUT2D eigenvalue weighted by molar-refractivity contribution is 7.80. The van der Waals surface area contributed by atoms with Crippen molar-refractivity contribution in [2.24, 2.45) is 0 Å². The van der Waals surface area contributed by atoms with Crippen molar-refractivity contribution in [3.63, 3.8) is 0 Å². The monoisotopic (exact) mass is 386 g/mol. The molecule has 0 spiro atoms. The summed E-state index contributed by atoms with van der Waals surface area (Å²) in [5.74, 6) is -0.681. The Bertz CT molecular complexity index is 914. The SMILES string of the molecule is CCC(=O)Nc1cc(NC(=S)NC(=O)c2cccc([N+](=O)[O-])c2)ccc1C. The van der Waals surface area contributed by atoms with E-state index in [9.17, 15) is 19.7 Å². The quantitative estimate of drug-likeness (QED) is 0.412. The van der Waals surface area contributed by atoms with Crippen molar-refractivity contribution in [3.05, 3.63) is 63.7 Å². The van der Waals surface area contributed by atoms with Crippen LogP contribution in [0, 0.1) is 17.0 Å². The summed E-state index contributed by atoms with van der Waals surface area (Å²) in [5, 5.41) is 18.9. The molecule has 27 heavy (non-hydrogen) atoms. The zero-order chi connectivity index (χ0) is 20.0. The van der Waals surface area contributed by atoms with Crippen LogP contribution in [0.5, 0.6) is 0 Å². The van der Waals surface area contributed by atoms with E-state index in [1.165, 1.54) is 24.3 Å². The number of carbonyl (C=O) groups is 2. The van der Waals surface area contributed by atoms with Crippen molar-refractivity contribution in [3.8, 4) is 0 Å². The molecule has 2 amide bonds. The van der Waals surface area contributed by atoms with Crippen LogP contribution in [-0.4, -0.2) is 21.9 Å². The van der Waals surface area contributed by atoms with Gasteiger partial charge >= 0.3 is 0 Å². The maximum absolute atomic E-state index is 12.2. The van der Waals surface area contributed by atoms with Crippen LogP contribution in [0.15, 0.2) is 42.5 Å². The topological polar surface area (TPSA) is 113 Å². The number of amides is 2. The lowest BCUT2D eigenvalue weighted by Crippen LogP contribution is -2.34. The van der Waals surface area contributed by atoms with Gasteiger partial charge < -0.3 is 10.6 Å². The molecule has 0 bridgehead atoms. The maximum atomic E-state index is 12.2. The van der Waals surface area contributed by atoms with Gasteiger partial charge in [-0.15, -0.1) is 0 Å². The van der Waals surface area contributed by atoms with Gasteiger partial charge in [0.05, 0.1) is 4.92 Å². The highest BCUT2D eigenvalue weighted by Crippen LogP contribution is 2.20. The standard InChI is InChI=1S/C18H18N4O4S/c1-3-16(23)20-15-10-13(8-7-11(15)2)19-18(27)21-17(24)12-5-4-6-14(9-12)22(25)26/h4-10H,3H2,1-2H3,(H,20,23)(H2,19,21,24,27). The summed E-state index contributed by atoms with van der Waals surface area (Å²) in [6, 6.07) is 10.6. The highest BCUT2D eigenvalue weighted by atomic mass is 32.1. The second kappa shape index (κ2) is 8.86. The fourth-order valence-electron chi connectivity index (χ4n) is 2.17. The van der Waals surface area contributed by atoms with Crippen LogP contribution in [0.2, 0.25) is 0 Å². The molecule has 0 radical (unpaired) electrons. The number of anilines is 2. The number of hydrogen-bond donors (Lipinski definition) is 3. The molecular formula is C18H18N4O4S. The van der Waals surface area contributed by atoms with Gasteiger partial charge in [0, 0.05) is 35.5 Å². The molecule has 0 aromatic heterocycles. The molecule has 0 saturated carbocycles. The first-order chi connectivity index (χ1) is 12.8. The number of thiocarbonyl (C=S) groups is 1. The largest absolute Gasteiger partial charge is 0.332 e. The zero-order valence-electron chi connectivity index (χ0n) is 14.7. The summed E-state index contributed by atoms with van der Waals surface area (Å²) in [4.78, 5) is 34.0. The first kappa shape index (κ1) is 20.0. The van der Waals surface area contributed by atoms with Crippen LogP contribution >= 0.6 is 12.2 Å². The number of rotatable bonds is 5. The molecule has 9 heteroatoms. The average Bonchev–Trinajstić information content (AvgIpc) is 2.64. The second-order valence-electron chi connectivity index (χ2n) is 5.65. The molecule has 2 rings (SSSR count). The van der Waals surface area contributed by atoms with Crippen LogP contribution in [0.1, 0.15) is 29.3 Å². The smallest absolute Gasteiger partial charge is 0.270 e.